The lowest BCUT2D eigenvalue weighted by atomic mass is 10.1. The quantitative estimate of drug-likeness (QED) is 0.572. The zero-order valence-electron chi connectivity index (χ0n) is 10.8. The SMILES string of the molecule is COCC(CCO)NC(=O)c1cc(F)cc([N+](=O)[O-])c1. The van der Waals surface area contributed by atoms with E-state index < -0.39 is 28.4 Å². The van der Waals surface area contributed by atoms with Gasteiger partial charge in [0.25, 0.3) is 11.6 Å². The number of carbonyl (C=O) groups excluding carboxylic acids is 1. The maximum Gasteiger partial charge on any atom is 0.273 e. The lowest BCUT2D eigenvalue weighted by Gasteiger charge is -2.16. The largest absolute Gasteiger partial charge is 0.396 e. The molecular formula is C12H15FN2O5. The molecule has 0 bridgehead atoms. The fourth-order valence-electron chi connectivity index (χ4n) is 1.63. The van der Waals surface area contributed by atoms with Gasteiger partial charge in [0.15, 0.2) is 0 Å². The number of aliphatic hydroxyl groups is 1. The molecule has 110 valence electrons. The summed E-state index contributed by atoms with van der Waals surface area (Å²) in [6.45, 7) is 0.0152. The minimum atomic E-state index is -0.866. The van der Waals surface area contributed by atoms with Crippen LogP contribution in [0.25, 0.3) is 0 Å². The Morgan fingerprint density at radius 3 is 2.80 bits per heavy atom. The first kappa shape index (κ1) is 16.0. The summed E-state index contributed by atoms with van der Waals surface area (Å²) in [6, 6.07) is 2.17. The normalized spacial score (nSPS) is 11.9. The van der Waals surface area contributed by atoms with Crippen LogP contribution in [0.2, 0.25) is 0 Å². The third-order valence-corrected chi connectivity index (χ3v) is 2.54. The maximum absolute atomic E-state index is 13.2. The molecule has 0 aliphatic carbocycles. The monoisotopic (exact) mass is 286 g/mol. The van der Waals surface area contributed by atoms with Crippen LogP contribution >= 0.6 is 0 Å². The van der Waals surface area contributed by atoms with E-state index in [9.17, 15) is 19.3 Å². The number of hydrogen-bond acceptors (Lipinski definition) is 5. The van der Waals surface area contributed by atoms with Gasteiger partial charge in [-0.25, -0.2) is 4.39 Å². The van der Waals surface area contributed by atoms with Gasteiger partial charge in [-0.15, -0.1) is 0 Å². The molecule has 2 N–H and O–H groups in total. The highest BCUT2D eigenvalue weighted by molar-refractivity contribution is 5.95. The van der Waals surface area contributed by atoms with Crippen LogP contribution < -0.4 is 5.32 Å². The Hall–Kier alpha value is -2.06. The molecule has 0 saturated carbocycles. The number of benzene rings is 1. The van der Waals surface area contributed by atoms with Crippen molar-refractivity contribution in [2.24, 2.45) is 0 Å². The second kappa shape index (κ2) is 7.51. The van der Waals surface area contributed by atoms with E-state index in [2.05, 4.69) is 5.32 Å². The Labute approximate surface area is 114 Å². The van der Waals surface area contributed by atoms with E-state index in [1.165, 1.54) is 7.11 Å². The number of nitro groups is 1. The summed E-state index contributed by atoms with van der Waals surface area (Å²) in [5.74, 6) is -1.53. The van der Waals surface area contributed by atoms with E-state index in [0.29, 0.717) is 0 Å². The zero-order valence-corrected chi connectivity index (χ0v) is 10.8. The van der Waals surface area contributed by atoms with Crippen molar-refractivity contribution in [3.05, 3.63) is 39.7 Å². The molecule has 0 spiro atoms. The van der Waals surface area contributed by atoms with E-state index in [1.807, 2.05) is 0 Å². The average molecular weight is 286 g/mol. The topological polar surface area (TPSA) is 102 Å². The number of nitrogens with one attached hydrogen (secondary N) is 1. The lowest BCUT2D eigenvalue weighted by Crippen LogP contribution is -2.38. The van der Waals surface area contributed by atoms with Gasteiger partial charge in [-0.1, -0.05) is 0 Å². The summed E-state index contributed by atoms with van der Waals surface area (Å²) in [5.41, 5.74) is -0.656. The number of hydrogen-bond donors (Lipinski definition) is 2. The molecule has 1 atom stereocenters. The van der Waals surface area contributed by atoms with Crippen LogP contribution in [-0.2, 0) is 4.74 Å². The molecule has 0 aromatic heterocycles. The van der Waals surface area contributed by atoms with Crippen LogP contribution in [0.5, 0.6) is 0 Å². The molecule has 7 nitrogen and oxygen atoms in total. The Morgan fingerprint density at radius 2 is 2.25 bits per heavy atom. The molecule has 20 heavy (non-hydrogen) atoms. The second-order valence-electron chi connectivity index (χ2n) is 4.09. The van der Waals surface area contributed by atoms with Crippen molar-refractivity contribution in [1.29, 1.82) is 0 Å². The number of methoxy groups -OCH3 is 1. The highest BCUT2D eigenvalue weighted by Gasteiger charge is 2.17. The van der Waals surface area contributed by atoms with E-state index in [1.54, 1.807) is 0 Å². The number of non-ortho nitro benzene ring substituents is 1. The smallest absolute Gasteiger partial charge is 0.273 e. The predicted molar refractivity (Wildman–Crippen MR) is 67.9 cm³/mol. The second-order valence-corrected chi connectivity index (χ2v) is 4.09. The van der Waals surface area contributed by atoms with Gasteiger partial charge in [0, 0.05) is 25.3 Å². The average Bonchev–Trinajstić information content (AvgIpc) is 2.38. The zero-order chi connectivity index (χ0) is 15.1. The van der Waals surface area contributed by atoms with Gasteiger partial charge in [0.05, 0.1) is 23.6 Å². The number of rotatable bonds is 7. The van der Waals surface area contributed by atoms with Crippen LogP contribution in [0.15, 0.2) is 18.2 Å². The number of aliphatic hydroxyl groups excluding tert-OH is 1. The molecule has 0 aliphatic rings. The van der Waals surface area contributed by atoms with Gasteiger partial charge >= 0.3 is 0 Å². The molecule has 0 aliphatic heterocycles. The van der Waals surface area contributed by atoms with Crippen LogP contribution in [-0.4, -0.2) is 42.3 Å². The minimum Gasteiger partial charge on any atom is -0.396 e. The van der Waals surface area contributed by atoms with Gasteiger partial charge < -0.3 is 15.2 Å². The fraction of sp³-hybridized carbons (Fsp3) is 0.417. The Morgan fingerprint density at radius 1 is 1.55 bits per heavy atom. The molecule has 0 radical (unpaired) electrons. The summed E-state index contributed by atoms with van der Waals surface area (Å²) >= 11 is 0. The first-order valence-electron chi connectivity index (χ1n) is 5.83. The van der Waals surface area contributed by atoms with Crippen molar-refractivity contribution >= 4 is 11.6 Å². The van der Waals surface area contributed by atoms with Gasteiger partial charge in [-0.05, 0) is 12.5 Å². The van der Waals surface area contributed by atoms with Gasteiger partial charge in [0.2, 0.25) is 0 Å². The molecule has 0 fully saturated rings. The molecular weight excluding hydrogens is 271 g/mol. The van der Waals surface area contributed by atoms with Crippen molar-refractivity contribution in [3.8, 4) is 0 Å². The summed E-state index contributed by atoms with van der Waals surface area (Å²) in [6.07, 6.45) is 0.261. The number of halogens is 1. The van der Waals surface area contributed by atoms with E-state index in [-0.39, 0.29) is 25.2 Å². The molecule has 1 aromatic rings. The first-order chi connectivity index (χ1) is 9.47. The summed E-state index contributed by atoms with van der Waals surface area (Å²) in [4.78, 5) is 21.7. The van der Waals surface area contributed by atoms with Gasteiger partial charge in [-0.3, -0.25) is 14.9 Å². The Kier molecular flexibility index (Phi) is 6.01. The van der Waals surface area contributed by atoms with Crippen LogP contribution in [0.3, 0.4) is 0 Å². The van der Waals surface area contributed by atoms with Gasteiger partial charge in [-0.2, -0.15) is 0 Å². The lowest BCUT2D eigenvalue weighted by molar-refractivity contribution is -0.385. The summed E-state index contributed by atoms with van der Waals surface area (Å²) in [7, 11) is 1.43. The molecule has 0 heterocycles. The van der Waals surface area contributed by atoms with Crippen LogP contribution in [0, 0.1) is 15.9 Å². The molecule has 1 aromatic carbocycles. The third-order valence-electron chi connectivity index (χ3n) is 2.54. The first-order valence-corrected chi connectivity index (χ1v) is 5.83. The van der Waals surface area contributed by atoms with Crippen molar-refractivity contribution < 1.29 is 24.0 Å². The number of nitrogens with zero attached hydrogens (tertiary/aromatic N) is 1. The van der Waals surface area contributed by atoms with E-state index >= 15 is 0 Å². The van der Waals surface area contributed by atoms with E-state index in [0.717, 1.165) is 18.2 Å². The molecule has 0 saturated heterocycles. The van der Waals surface area contributed by atoms with Crippen molar-refractivity contribution in [2.45, 2.75) is 12.5 Å². The minimum absolute atomic E-state index is 0.155. The third kappa shape index (κ3) is 4.56. The number of nitro benzene ring substituents is 1. The van der Waals surface area contributed by atoms with Crippen molar-refractivity contribution in [3.63, 3.8) is 0 Å². The highest BCUT2D eigenvalue weighted by atomic mass is 19.1. The van der Waals surface area contributed by atoms with E-state index in [4.69, 9.17) is 9.84 Å². The molecule has 1 rings (SSSR count). The number of amides is 1. The molecule has 1 unspecified atom stereocenters. The fourth-order valence-corrected chi connectivity index (χ4v) is 1.63. The summed E-state index contributed by atoms with van der Waals surface area (Å²) < 4.78 is 18.1. The van der Waals surface area contributed by atoms with Crippen molar-refractivity contribution in [1.82, 2.24) is 5.32 Å². The maximum atomic E-state index is 13.2. The van der Waals surface area contributed by atoms with Crippen molar-refractivity contribution in [2.75, 3.05) is 20.3 Å². The van der Waals surface area contributed by atoms with Crippen LogP contribution in [0.1, 0.15) is 16.8 Å². The Bertz CT molecular complexity index is 489. The predicted octanol–water partition coefficient (Wildman–Crippen LogP) is 0.861. The molecule has 1 amide bonds. The highest BCUT2D eigenvalue weighted by Crippen LogP contribution is 2.16. The Balaban J connectivity index is 2.88. The van der Waals surface area contributed by atoms with Crippen LogP contribution in [0.4, 0.5) is 10.1 Å². The number of ether oxygens (including phenoxy) is 1. The number of carbonyl (C=O) groups is 1. The molecule has 8 heteroatoms. The summed E-state index contributed by atoms with van der Waals surface area (Å²) in [5, 5.41) is 22.0. The van der Waals surface area contributed by atoms with Gasteiger partial charge in [0.1, 0.15) is 5.82 Å². The standard InChI is InChI=1S/C12H15FN2O5/c1-20-7-10(2-3-16)14-12(17)8-4-9(13)6-11(5-8)15(18)19/h4-6,10,16H,2-3,7H2,1H3,(H,14,17).